The second-order valence-electron chi connectivity index (χ2n) is 5.11. The fourth-order valence-electron chi connectivity index (χ4n) is 2.24. The lowest BCUT2D eigenvalue weighted by Gasteiger charge is -2.42. The second-order valence-corrected chi connectivity index (χ2v) is 5.11. The third-order valence-electron chi connectivity index (χ3n) is 3.58. The first-order valence-corrected chi connectivity index (χ1v) is 6.47. The van der Waals surface area contributed by atoms with Crippen LogP contribution in [0.3, 0.4) is 0 Å². The summed E-state index contributed by atoms with van der Waals surface area (Å²) in [5.74, 6) is -1.58. The lowest BCUT2D eigenvalue weighted by atomic mass is 9.98. The van der Waals surface area contributed by atoms with Crippen LogP contribution in [0.5, 0.6) is 0 Å². The van der Waals surface area contributed by atoms with Crippen molar-refractivity contribution >= 4 is 5.97 Å². The summed E-state index contributed by atoms with van der Waals surface area (Å²) in [6.07, 6.45) is -15.2. The van der Waals surface area contributed by atoms with E-state index in [1.165, 1.54) is 0 Å². The Morgan fingerprint density at radius 3 is 2.14 bits per heavy atom. The van der Waals surface area contributed by atoms with Crippen LogP contribution >= 0.6 is 0 Å². The molecule has 0 aromatic heterocycles. The third kappa shape index (κ3) is 3.22. The maximum atomic E-state index is 10.9. The summed E-state index contributed by atoms with van der Waals surface area (Å²) in [7, 11) is 0. The van der Waals surface area contributed by atoms with Crippen LogP contribution in [-0.2, 0) is 19.0 Å². The molecule has 0 aromatic rings. The molecular formula is C11H18O11. The lowest BCUT2D eigenvalue weighted by molar-refractivity contribution is -0.335. The molecule has 2 aliphatic rings. The molecule has 128 valence electrons. The van der Waals surface area contributed by atoms with Gasteiger partial charge in [0.2, 0.25) is 0 Å². The van der Waals surface area contributed by atoms with Gasteiger partial charge in [0, 0.05) is 0 Å². The predicted octanol–water partition coefficient (Wildman–Crippen LogP) is -4.67. The highest BCUT2D eigenvalue weighted by atomic mass is 16.7. The smallest absolute Gasteiger partial charge is 0.335 e. The normalized spacial score (nSPS) is 49.8. The van der Waals surface area contributed by atoms with Gasteiger partial charge in [0.25, 0.3) is 0 Å². The summed E-state index contributed by atoms with van der Waals surface area (Å²) in [5.41, 5.74) is 0. The topological polar surface area (TPSA) is 186 Å². The summed E-state index contributed by atoms with van der Waals surface area (Å²) < 4.78 is 14.7. The average molecular weight is 326 g/mol. The fraction of sp³-hybridized carbons (Fsp3) is 0.909. The SMILES string of the molecule is O=C(O)[C@H]1O[C@@H](O[C@@H]2COC(O)[C@H](O)[C@H]2O)[C@H](O)[C@@H](O)[C@@H]1O. The summed E-state index contributed by atoms with van der Waals surface area (Å²) in [4.78, 5) is 10.9. The van der Waals surface area contributed by atoms with Crippen molar-refractivity contribution in [3.8, 4) is 0 Å². The van der Waals surface area contributed by atoms with Crippen molar-refractivity contribution in [2.45, 2.75) is 55.3 Å². The Hall–Kier alpha value is -0.890. The van der Waals surface area contributed by atoms with Crippen LogP contribution in [0.4, 0.5) is 0 Å². The number of aliphatic hydroxyl groups is 6. The quantitative estimate of drug-likeness (QED) is 0.264. The first-order valence-electron chi connectivity index (χ1n) is 6.47. The van der Waals surface area contributed by atoms with Crippen LogP contribution in [0.15, 0.2) is 0 Å². The molecule has 0 radical (unpaired) electrons. The maximum absolute atomic E-state index is 10.9. The lowest BCUT2D eigenvalue weighted by Crippen LogP contribution is -2.62. The third-order valence-corrected chi connectivity index (χ3v) is 3.58. The van der Waals surface area contributed by atoms with Gasteiger partial charge < -0.3 is 50.0 Å². The van der Waals surface area contributed by atoms with Crippen molar-refractivity contribution in [3.05, 3.63) is 0 Å². The van der Waals surface area contributed by atoms with Crippen LogP contribution in [0.1, 0.15) is 0 Å². The van der Waals surface area contributed by atoms with Crippen molar-refractivity contribution in [2.75, 3.05) is 6.61 Å². The van der Waals surface area contributed by atoms with E-state index in [4.69, 9.17) is 19.3 Å². The van der Waals surface area contributed by atoms with E-state index in [1.54, 1.807) is 0 Å². The monoisotopic (exact) mass is 326 g/mol. The molecule has 0 bridgehead atoms. The van der Waals surface area contributed by atoms with Crippen molar-refractivity contribution in [2.24, 2.45) is 0 Å². The van der Waals surface area contributed by atoms with Gasteiger partial charge in [-0.2, -0.15) is 0 Å². The largest absolute Gasteiger partial charge is 0.479 e. The Kier molecular flexibility index (Phi) is 5.32. The van der Waals surface area contributed by atoms with Crippen LogP contribution in [-0.4, -0.2) is 104 Å². The highest BCUT2D eigenvalue weighted by Crippen LogP contribution is 2.26. The van der Waals surface area contributed by atoms with Crippen molar-refractivity contribution in [3.63, 3.8) is 0 Å². The number of aliphatic hydroxyl groups excluding tert-OH is 6. The Bertz CT molecular complexity index is 403. The summed E-state index contributed by atoms with van der Waals surface area (Å²) in [5, 5.41) is 66.2. The molecule has 11 heteroatoms. The second kappa shape index (κ2) is 6.70. The van der Waals surface area contributed by atoms with E-state index in [-0.39, 0.29) is 6.61 Å². The number of carbonyl (C=O) groups is 1. The minimum atomic E-state index is -1.87. The zero-order valence-corrected chi connectivity index (χ0v) is 11.2. The molecule has 2 heterocycles. The van der Waals surface area contributed by atoms with E-state index in [1.807, 2.05) is 0 Å². The first kappa shape index (κ1) is 17.5. The molecule has 0 amide bonds. The van der Waals surface area contributed by atoms with Gasteiger partial charge in [-0.1, -0.05) is 0 Å². The summed E-state index contributed by atoms with van der Waals surface area (Å²) >= 11 is 0. The first-order chi connectivity index (χ1) is 10.2. The number of hydrogen-bond donors (Lipinski definition) is 7. The molecule has 2 saturated heterocycles. The van der Waals surface area contributed by atoms with Gasteiger partial charge in [0.15, 0.2) is 18.7 Å². The molecule has 22 heavy (non-hydrogen) atoms. The molecule has 1 unspecified atom stereocenters. The van der Waals surface area contributed by atoms with Crippen LogP contribution in [0, 0.1) is 0 Å². The highest BCUT2D eigenvalue weighted by molar-refractivity contribution is 5.73. The molecular weight excluding hydrogens is 308 g/mol. The Morgan fingerprint density at radius 1 is 0.909 bits per heavy atom. The zero-order chi connectivity index (χ0) is 16.6. The minimum absolute atomic E-state index is 0.373. The maximum Gasteiger partial charge on any atom is 0.335 e. The van der Waals surface area contributed by atoms with Gasteiger partial charge in [-0.05, 0) is 0 Å². The number of hydrogen-bond acceptors (Lipinski definition) is 10. The van der Waals surface area contributed by atoms with Gasteiger partial charge in [0.05, 0.1) is 6.61 Å². The molecule has 9 atom stereocenters. The summed E-state index contributed by atoms with van der Waals surface area (Å²) in [6.45, 7) is -0.373. The molecule has 2 rings (SSSR count). The standard InChI is InChI=1S/C11H18O11/c12-3-2(1-20-10(19)6(3)15)21-11-7(16)4(13)5(14)8(22-11)9(17)18/h2-8,10-16,19H,1H2,(H,17,18)/t2-,3+,4+,5+,6-,7-,8+,10?,11-/m1/s1. The number of carboxylic acids is 1. The van der Waals surface area contributed by atoms with Crippen LogP contribution < -0.4 is 0 Å². The molecule has 0 saturated carbocycles. The molecule has 2 fully saturated rings. The Morgan fingerprint density at radius 2 is 1.55 bits per heavy atom. The van der Waals surface area contributed by atoms with E-state index in [0.717, 1.165) is 0 Å². The van der Waals surface area contributed by atoms with Crippen molar-refractivity contribution in [1.29, 1.82) is 0 Å². The number of carboxylic acid groups (broad SMARTS) is 1. The fourth-order valence-corrected chi connectivity index (χ4v) is 2.24. The zero-order valence-electron chi connectivity index (χ0n) is 11.2. The van der Waals surface area contributed by atoms with E-state index in [2.05, 4.69) is 0 Å². The highest BCUT2D eigenvalue weighted by Gasteiger charge is 2.49. The van der Waals surface area contributed by atoms with Gasteiger partial charge in [-0.15, -0.1) is 0 Å². The van der Waals surface area contributed by atoms with Gasteiger partial charge in [-0.3, -0.25) is 0 Å². The van der Waals surface area contributed by atoms with E-state index in [9.17, 15) is 35.4 Å². The predicted molar refractivity (Wildman–Crippen MR) is 63.2 cm³/mol. The molecule has 0 spiro atoms. The van der Waals surface area contributed by atoms with E-state index >= 15 is 0 Å². The van der Waals surface area contributed by atoms with E-state index < -0.39 is 61.3 Å². The van der Waals surface area contributed by atoms with Gasteiger partial charge in [-0.25, -0.2) is 4.79 Å². The Labute approximate surface area is 123 Å². The summed E-state index contributed by atoms with van der Waals surface area (Å²) in [6, 6.07) is 0. The molecule has 0 aliphatic carbocycles. The molecule has 11 nitrogen and oxygen atoms in total. The minimum Gasteiger partial charge on any atom is -0.479 e. The molecule has 2 aliphatic heterocycles. The number of ether oxygens (including phenoxy) is 3. The molecule has 7 N–H and O–H groups in total. The Balaban J connectivity index is 2.06. The van der Waals surface area contributed by atoms with Crippen LogP contribution in [0.2, 0.25) is 0 Å². The van der Waals surface area contributed by atoms with Crippen molar-refractivity contribution in [1.82, 2.24) is 0 Å². The van der Waals surface area contributed by atoms with Crippen molar-refractivity contribution < 1.29 is 54.8 Å². The number of aliphatic carboxylic acids is 1. The average Bonchev–Trinajstić information content (AvgIpc) is 2.47. The van der Waals surface area contributed by atoms with Gasteiger partial charge in [0.1, 0.15) is 36.6 Å². The van der Waals surface area contributed by atoms with Crippen LogP contribution in [0.25, 0.3) is 0 Å². The van der Waals surface area contributed by atoms with Gasteiger partial charge >= 0.3 is 5.97 Å². The molecule has 0 aromatic carbocycles. The number of rotatable bonds is 3. The van der Waals surface area contributed by atoms with E-state index in [0.29, 0.717) is 0 Å².